The van der Waals surface area contributed by atoms with Gasteiger partial charge in [0.05, 0.1) is 20.2 Å². The van der Waals surface area contributed by atoms with Gasteiger partial charge in [0.15, 0.2) is 0 Å². The second-order valence-electron chi connectivity index (χ2n) is 9.51. The van der Waals surface area contributed by atoms with Crippen molar-refractivity contribution < 1.29 is 14.6 Å². The number of aliphatic hydroxyl groups excluding tert-OH is 1. The fourth-order valence-corrected chi connectivity index (χ4v) is 3.81. The Morgan fingerprint density at radius 3 is 1.25 bits per heavy atom. The van der Waals surface area contributed by atoms with Gasteiger partial charge in [0.2, 0.25) is 0 Å². The summed E-state index contributed by atoms with van der Waals surface area (Å²) in [6, 6.07) is 0. The minimum absolute atomic E-state index is 0.110. The number of aliphatic hydroxyl groups is 1. The van der Waals surface area contributed by atoms with Crippen molar-refractivity contribution in [2.24, 2.45) is 0 Å². The molecule has 1 N–H and O–H groups in total. The lowest BCUT2D eigenvalue weighted by molar-refractivity contribution is -1.08. The SMILES string of the molecule is CCCCCCCCCCCCCCCCCCC[N+](C)(C)OC(C)C(C)O. The lowest BCUT2D eigenvalue weighted by atomic mass is 10.0. The molecule has 0 aromatic heterocycles. The molecule has 0 amide bonds. The van der Waals surface area contributed by atoms with Crippen LogP contribution in [0.4, 0.5) is 0 Å². The minimum Gasteiger partial charge on any atom is -0.390 e. The van der Waals surface area contributed by atoms with E-state index in [1.54, 1.807) is 6.92 Å². The van der Waals surface area contributed by atoms with Crippen molar-refractivity contribution in [1.82, 2.24) is 0 Å². The normalized spacial score (nSPS) is 14.4. The van der Waals surface area contributed by atoms with Crippen LogP contribution < -0.4 is 0 Å². The monoisotopic (exact) mass is 400 g/mol. The van der Waals surface area contributed by atoms with Crippen molar-refractivity contribution in [2.75, 3.05) is 20.6 Å². The molecule has 0 aliphatic rings. The molecular formula is C25H54NO2+. The van der Waals surface area contributed by atoms with Crippen LogP contribution in [0.5, 0.6) is 0 Å². The summed E-state index contributed by atoms with van der Waals surface area (Å²) < 4.78 is 0.546. The first kappa shape index (κ1) is 27.9. The number of hydrogen-bond acceptors (Lipinski definition) is 2. The molecular weight excluding hydrogens is 346 g/mol. The van der Waals surface area contributed by atoms with Crippen LogP contribution in [-0.2, 0) is 4.84 Å². The van der Waals surface area contributed by atoms with Gasteiger partial charge in [-0.2, -0.15) is 9.48 Å². The zero-order valence-corrected chi connectivity index (χ0v) is 20.2. The molecule has 28 heavy (non-hydrogen) atoms. The van der Waals surface area contributed by atoms with Crippen molar-refractivity contribution in [1.29, 1.82) is 0 Å². The Morgan fingerprint density at radius 1 is 0.607 bits per heavy atom. The maximum atomic E-state index is 9.57. The molecule has 3 heteroatoms. The van der Waals surface area contributed by atoms with E-state index in [1.807, 2.05) is 6.92 Å². The van der Waals surface area contributed by atoms with Gasteiger partial charge in [0.25, 0.3) is 0 Å². The molecule has 0 bridgehead atoms. The molecule has 0 rings (SSSR count). The largest absolute Gasteiger partial charge is 0.390 e. The smallest absolute Gasteiger partial charge is 0.139 e. The van der Waals surface area contributed by atoms with E-state index in [2.05, 4.69) is 21.0 Å². The number of hydrogen-bond donors (Lipinski definition) is 1. The van der Waals surface area contributed by atoms with E-state index in [0.717, 1.165) is 6.54 Å². The first-order chi connectivity index (χ1) is 13.4. The van der Waals surface area contributed by atoms with E-state index in [9.17, 15) is 5.11 Å². The molecule has 0 aliphatic carbocycles. The highest BCUT2D eigenvalue weighted by Crippen LogP contribution is 2.15. The molecule has 0 saturated carbocycles. The Morgan fingerprint density at radius 2 is 0.929 bits per heavy atom. The van der Waals surface area contributed by atoms with Gasteiger partial charge in [-0.05, 0) is 26.7 Å². The summed E-state index contributed by atoms with van der Waals surface area (Å²) in [5.74, 6) is 0. The van der Waals surface area contributed by atoms with Crippen molar-refractivity contribution in [3.8, 4) is 0 Å². The maximum Gasteiger partial charge on any atom is 0.139 e. The molecule has 2 atom stereocenters. The summed E-state index contributed by atoms with van der Waals surface area (Å²) in [4.78, 5) is 5.92. The Balaban J connectivity index is 3.27. The van der Waals surface area contributed by atoms with Crippen molar-refractivity contribution in [3.05, 3.63) is 0 Å². The zero-order valence-electron chi connectivity index (χ0n) is 20.2. The predicted molar refractivity (Wildman–Crippen MR) is 123 cm³/mol. The first-order valence-electron chi connectivity index (χ1n) is 12.6. The minimum atomic E-state index is -0.409. The van der Waals surface area contributed by atoms with Gasteiger partial charge in [0, 0.05) is 0 Å². The molecule has 0 aromatic carbocycles. The first-order valence-corrected chi connectivity index (χ1v) is 12.6. The number of rotatable bonds is 21. The van der Waals surface area contributed by atoms with E-state index in [4.69, 9.17) is 4.84 Å². The number of nitrogens with zero attached hydrogens (tertiary/aromatic N) is 1. The number of hydroxylamine groups is 3. The molecule has 0 fully saturated rings. The van der Waals surface area contributed by atoms with Gasteiger partial charge in [-0.15, -0.1) is 0 Å². The van der Waals surface area contributed by atoms with E-state index >= 15 is 0 Å². The fraction of sp³-hybridized carbons (Fsp3) is 1.00. The van der Waals surface area contributed by atoms with Crippen molar-refractivity contribution >= 4 is 0 Å². The van der Waals surface area contributed by atoms with Crippen LogP contribution >= 0.6 is 0 Å². The van der Waals surface area contributed by atoms with Crippen LogP contribution in [0.15, 0.2) is 0 Å². The van der Waals surface area contributed by atoms with Crippen LogP contribution in [0, 0.1) is 0 Å². The van der Waals surface area contributed by atoms with Crippen LogP contribution in [0.25, 0.3) is 0 Å². The number of quaternary nitrogens is 1. The maximum absolute atomic E-state index is 9.57. The molecule has 0 saturated heterocycles. The Labute approximate surface area is 177 Å². The van der Waals surface area contributed by atoms with E-state index in [1.165, 1.54) is 109 Å². The van der Waals surface area contributed by atoms with Gasteiger partial charge < -0.3 is 5.11 Å². The van der Waals surface area contributed by atoms with E-state index in [-0.39, 0.29) is 6.10 Å². The molecule has 0 aliphatic heterocycles. The van der Waals surface area contributed by atoms with Gasteiger partial charge in [-0.25, -0.2) is 0 Å². The fourth-order valence-electron chi connectivity index (χ4n) is 3.81. The summed E-state index contributed by atoms with van der Waals surface area (Å²) in [5, 5.41) is 9.57. The molecule has 0 aromatic rings. The highest BCUT2D eigenvalue weighted by molar-refractivity contribution is 4.54. The van der Waals surface area contributed by atoms with E-state index < -0.39 is 6.10 Å². The third-order valence-electron chi connectivity index (χ3n) is 5.93. The quantitative estimate of drug-likeness (QED) is 0.123. The van der Waals surface area contributed by atoms with Gasteiger partial charge in [0.1, 0.15) is 12.6 Å². The molecule has 3 nitrogen and oxygen atoms in total. The molecule has 170 valence electrons. The third kappa shape index (κ3) is 19.2. The summed E-state index contributed by atoms with van der Waals surface area (Å²) in [7, 11) is 4.18. The Bertz CT molecular complexity index is 318. The summed E-state index contributed by atoms with van der Waals surface area (Å²) in [5.41, 5.74) is 0. The molecule has 0 radical (unpaired) electrons. The molecule has 0 spiro atoms. The lowest BCUT2D eigenvalue weighted by Crippen LogP contribution is -2.45. The molecule has 2 unspecified atom stereocenters. The van der Waals surface area contributed by atoms with Crippen LogP contribution in [-0.4, -0.2) is 42.6 Å². The summed E-state index contributed by atoms with van der Waals surface area (Å²) in [6.07, 6.45) is 23.4. The van der Waals surface area contributed by atoms with Crippen molar-refractivity contribution in [2.45, 2.75) is 142 Å². The zero-order chi connectivity index (χ0) is 21.1. The highest BCUT2D eigenvalue weighted by Gasteiger charge is 2.23. The summed E-state index contributed by atoms with van der Waals surface area (Å²) in [6.45, 7) is 7.05. The average molecular weight is 401 g/mol. The van der Waals surface area contributed by atoms with Crippen LogP contribution in [0.2, 0.25) is 0 Å². The standard InChI is InChI=1S/C25H54NO2/c1-6-7-8-9-10-11-12-13-14-15-16-17-18-19-20-21-22-23-26(4,5)28-25(3)24(2)27/h24-25,27H,6-23H2,1-5H3/q+1. The molecule has 0 heterocycles. The van der Waals surface area contributed by atoms with Gasteiger partial charge in [-0.3, -0.25) is 0 Å². The average Bonchev–Trinajstić information content (AvgIpc) is 2.63. The second-order valence-corrected chi connectivity index (χ2v) is 9.51. The second kappa shape index (κ2) is 18.9. The Kier molecular flexibility index (Phi) is 18.8. The van der Waals surface area contributed by atoms with Crippen LogP contribution in [0.1, 0.15) is 130 Å². The van der Waals surface area contributed by atoms with Gasteiger partial charge in [-0.1, -0.05) is 103 Å². The number of unbranched alkanes of at least 4 members (excludes halogenated alkanes) is 16. The topological polar surface area (TPSA) is 29.5 Å². The summed E-state index contributed by atoms with van der Waals surface area (Å²) >= 11 is 0. The lowest BCUT2D eigenvalue weighted by Gasteiger charge is -2.31. The van der Waals surface area contributed by atoms with E-state index in [0.29, 0.717) is 4.65 Å². The highest BCUT2D eigenvalue weighted by atomic mass is 16.7. The van der Waals surface area contributed by atoms with Crippen LogP contribution in [0.3, 0.4) is 0 Å². The predicted octanol–water partition coefficient (Wildman–Crippen LogP) is 7.42. The van der Waals surface area contributed by atoms with Crippen molar-refractivity contribution in [3.63, 3.8) is 0 Å². The Hall–Kier alpha value is -0.120. The third-order valence-corrected chi connectivity index (χ3v) is 5.93. The van der Waals surface area contributed by atoms with Gasteiger partial charge >= 0.3 is 0 Å².